The van der Waals surface area contributed by atoms with Crippen molar-refractivity contribution in [3.05, 3.63) is 60.7 Å². The second-order valence-corrected chi connectivity index (χ2v) is 4.04. The molecule has 0 unspecified atom stereocenters. The van der Waals surface area contributed by atoms with Crippen molar-refractivity contribution in [3.63, 3.8) is 0 Å². The number of benzene rings is 1. The van der Waals surface area contributed by atoms with Gasteiger partial charge in [-0.05, 0) is 37.6 Å². The van der Waals surface area contributed by atoms with Crippen molar-refractivity contribution in [1.82, 2.24) is 5.32 Å². The largest absolute Gasteiger partial charge is 0.310 e. The fraction of sp³-hybridized carbons (Fsp3) is 0.250. The van der Waals surface area contributed by atoms with E-state index < -0.39 is 0 Å². The Kier molecular flexibility index (Phi) is 4.75. The average molecular weight is 225 g/mol. The van der Waals surface area contributed by atoms with Gasteiger partial charge in [-0.2, -0.15) is 0 Å². The van der Waals surface area contributed by atoms with Crippen LogP contribution in [0.1, 0.15) is 24.0 Å². The number of hydrogen-bond acceptors (Lipinski definition) is 1. The fourth-order valence-electron chi connectivity index (χ4n) is 2.05. The molecule has 0 aliphatic carbocycles. The zero-order valence-electron chi connectivity index (χ0n) is 10.4. The monoisotopic (exact) mass is 225 g/mol. The Bertz CT molecular complexity index is 410. The van der Waals surface area contributed by atoms with Gasteiger partial charge < -0.3 is 5.32 Å². The van der Waals surface area contributed by atoms with E-state index in [1.54, 1.807) is 0 Å². The van der Waals surface area contributed by atoms with Crippen LogP contribution in [0.3, 0.4) is 0 Å². The van der Waals surface area contributed by atoms with Gasteiger partial charge in [0.1, 0.15) is 0 Å². The van der Waals surface area contributed by atoms with Crippen LogP contribution in [0.4, 0.5) is 0 Å². The lowest BCUT2D eigenvalue weighted by Crippen LogP contribution is -2.39. The highest BCUT2D eigenvalue weighted by Crippen LogP contribution is 2.29. The predicted molar refractivity (Wildman–Crippen MR) is 74.7 cm³/mol. The van der Waals surface area contributed by atoms with E-state index in [1.165, 1.54) is 5.56 Å². The Morgan fingerprint density at radius 2 is 1.76 bits per heavy atom. The average Bonchev–Trinajstić information content (AvgIpc) is 2.38. The Labute approximate surface area is 104 Å². The molecule has 0 radical (unpaired) electrons. The maximum Gasteiger partial charge on any atom is 0.0501 e. The van der Waals surface area contributed by atoms with Gasteiger partial charge in [0.25, 0.3) is 0 Å². The summed E-state index contributed by atoms with van der Waals surface area (Å²) in [6.07, 6.45) is 10.9. The lowest BCUT2D eigenvalue weighted by molar-refractivity contribution is 0.368. The standard InChI is InChI=1S/C16H19N/c1-5-12-16(17-4,13-6-2)15-10-8-14(7-3)9-11-15/h3,5-6,8-11,17H,1-2,12-13H2,4H3. The minimum absolute atomic E-state index is 0.128. The van der Waals surface area contributed by atoms with Crippen molar-refractivity contribution >= 4 is 0 Å². The Balaban J connectivity index is 3.15. The fourth-order valence-corrected chi connectivity index (χ4v) is 2.05. The molecule has 0 aliphatic rings. The van der Waals surface area contributed by atoms with Crippen molar-refractivity contribution < 1.29 is 0 Å². The topological polar surface area (TPSA) is 12.0 Å². The van der Waals surface area contributed by atoms with E-state index in [2.05, 4.69) is 36.5 Å². The first kappa shape index (κ1) is 13.3. The molecule has 1 heteroatoms. The number of terminal acetylenes is 1. The molecule has 1 aromatic rings. The van der Waals surface area contributed by atoms with Crippen molar-refractivity contribution in [3.8, 4) is 12.3 Å². The summed E-state index contributed by atoms with van der Waals surface area (Å²) in [5.74, 6) is 2.63. The minimum Gasteiger partial charge on any atom is -0.310 e. The maximum absolute atomic E-state index is 5.36. The molecular formula is C16H19N. The first-order valence-electron chi connectivity index (χ1n) is 5.70. The van der Waals surface area contributed by atoms with E-state index in [1.807, 2.05) is 31.3 Å². The third-order valence-electron chi connectivity index (χ3n) is 3.07. The molecule has 0 aromatic heterocycles. The van der Waals surface area contributed by atoms with Crippen molar-refractivity contribution in [2.24, 2.45) is 0 Å². The first-order chi connectivity index (χ1) is 8.22. The summed E-state index contributed by atoms with van der Waals surface area (Å²) in [6.45, 7) is 7.66. The Hall–Kier alpha value is -1.78. The van der Waals surface area contributed by atoms with Gasteiger partial charge in [-0.15, -0.1) is 19.6 Å². The van der Waals surface area contributed by atoms with Crippen LogP contribution in [0, 0.1) is 12.3 Å². The van der Waals surface area contributed by atoms with Crippen molar-refractivity contribution in [2.75, 3.05) is 7.05 Å². The second-order valence-electron chi connectivity index (χ2n) is 4.04. The van der Waals surface area contributed by atoms with Crippen LogP contribution in [0.5, 0.6) is 0 Å². The molecule has 0 saturated heterocycles. The first-order valence-corrected chi connectivity index (χ1v) is 5.70. The normalized spacial score (nSPS) is 10.6. The molecule has 17 heavy (non-hydrogen) atoms. The van der Waals surface area contributed by atoms with Gasteiger partial charge in [-0.25, -0.2) is 0 Å². The van der Waals surface area contributed by atoms with Crippen LogP contribution >= 0.6 is 0 Å². The molecule has 0 saturated carbocycles. The van der Waals surface area contributed by atoms with Crippen LogP contribution in [0.25, 0.3) is 0 Å². The van der Waals surface area contributed by atoms with Gasteiger partial charge in [0.05, 0.1) is 5.54 Å². The minimum atomic E-state index is -0.128. The summed E-state index contributed by atoms with van der Waals surface area (Å²) in [5, 5.41) is 3.38. The van der Waals surface area contributed by atoms with Crippen LogP contribution in [0.15, 0.2) is 49.6 Å². The molecule has 0 aliphatic heterocycles. The van der Waals surface area contributed by atoms with Gasteiger partial charge >= 0.3 is 0 Å². The lowest BCUT2D eigenvalue weighted by atomic mass is 9.83. The molecule has 0 atom stereocenters. The van der Waals surface area contributed by atoms with Gasteiger partial charge in [-0.1, -0.05) is 30.2 Å². The van der Waals surface area contributed by atoms with E-state index in [-0.39, 0.29) is 5.54 Å². The van der Waals surface area contributed by atoms with Crippen LogP contribution < -0.4 is 5.32 Å². The zero-order chi connectivity index (χ0) is 12.7. The van der Waals surface area contributed by atoms with Gasteiger partial charge in [0.15, 0.2) is 0 Å². The molecule has 0 spiro atoms. The number of rotatable bonds is 6. The molecule has 1 nitrogen and oxygen atoms in total. The third-order valence-corrected chi connectivity index (χ3v) is 3.07. The second kappa shape index (κ2) is 6.08. The summed E-state index contributed by atoms with van der Waals surface area (Å²) in [4.78, 5) is 0. The lowest BCUT2D eigenvalue weighted by Gasteiger charge is -2.32. The molecule has 0 amide bonds. The van der Waals surface area contributed by atoms with E-state index in [9.17, 15) is 0 Å². The molecular weight excluding hydrogens is 206 g/mol. The number of nitrogens with one attached hydrogen (secondary N) is 1. The highest BCUT2D eigenvalue weighted by atomic mass is 14.9. The summed E-state index contributed by atoms with van der Waals surface area (Å²) >= 11 is 0. The number of hydrogen-bond donors (Lipinski definition) is 1. The highest BCUT2D eigenvalue weighted by molar-refractivity contribution is 5.37. The third kappa shape index (κ3) is 2.87. The summed E-state index contributed by atoms with van der Waals surface area (Å²) < 4.78 is 0. The highest BCUT2D eigenvalue weighted by Gasteiger charge is 2.27. The summed E-state index contributed by atoms with van der Waals surface area (Å²) in [7, 11) is 1.96. The van der Waals surface area contributed by atoms with Crippen LogP contribution in [-0.2, 0) is 5.54 Å². The molecule has 0 heterocycles. The van der Waals surface area contributed by atoms with E-state index in [4.69, 9.17) is 6.42 Å². The summed E-state index contributed by atoms with van der Waals surface area (Å²) in [5.41, 5.74) is 1.98. The molecule has 88 valence electrons. The van der Waals surface area contributed by atoms with Gasteiger partial charge in [0.2, 0.25) is 0 Å². The van der Waals surface area contributed by atoms with E-state index in [0.29, 0.717) is 0 Å². The maximum atomic E-state index is 5.36. The quantitative estimate of drug-likeness (QED) is 0.579. The molecule has 0 fully saturated rings. The Morgan fingerprint density at radius 1 is 1.24 bits per heavy atom. The van der Waals surface area contributed by atoms with Crippen LogP contribution in [0.2, 0.25) is 0 Å². The van der Waals surface area contributed by atoms with Crippen molar-refractivity contribution in [2.45, 2.75) is 18.4 Å². The van der Waals surface area contributed by atoms with Crippen LogP contribution in [-0.4, -0.2) is 7.05 Å². The predicted octanol–water partition coefficient (Wildman–Crippen LogP) is 3.23. The van der Waals surface area contributed by atoms with Crippen molar-refractivity contribution in [1.29, 1.82) is 0 Å². The molecule has 1 N–H and O–H groups in total. The van der Waals surface area contributed by atoms with E-state index >= 15 is 0 Å². The van der Waals surface area contributed by atoms with E-state index in [0.717, 1.165) is 18.4 Å². The van der Waals surface area contributed by atoms with Gasteiger partial charge in [-0.3, -0.25) is 0 Å². The molecule has 0 bridgehead atoms. The Morgan fingerprint density at radius 3 is 2.12 bits per heavy atom. The molecule has 1 aromatic carbocycles. The zero-order valence-corrected chi connectivity index (χ0v) is 10.4. The summed E-state index contributed by atoms with van der Waals surface area (Å²) in [6, 6.07) is 8.07. The SMILES string of the molecule is C#Cc1ccc(C(CC=C)(CC=C)NC)cc1. The smallest absolute Gasteiger partial charge is 0.0501 e. The molecule has 1 rings (SSSR count). The van der Waals surface area contributed by atoms with Gasteiger partial charge in [0, 0.05) is 5.56 Å².